The van der Waals surface area contributed by atoms with E-state index < -0.39 is 0 Å². The summed E-state index contributed by atoms with van der Waals surface area (Å²) < 4.78 is 6.52. The molecule has 2 atom stereocenters. The second-order valence-corrected chi connectivity index (χ2v) is 7.74. The highest BCUT2D eigenvalue weighted by molar-refractivity contribution is 9.10. The molecule has 0 bridgehead atoms. The van der Waals surface area contributed by atoms with Crippen molar-refractivity contribution in [2.75, 3.05) is 0 Å². The van der Waals surface area contributed by atoms with Crippen LogP contribution in [-0.2, 0) is 11.3 Å². The maximum Gasteiger partial charge on any atom is 0.283 e. The first-order valence-corrected chi connectivity index (χ1v) is 8.10. The van der Waals surface area contributed by atoms with Crippen LogP contribution in [0.15, 0.2) is 22.7 Å². The van der Waals surface area contributed by atoms with Gasteiger partial charge in [0, 0.05) is 6.07 Å². The van der Waals surface area contributed by atoms with Crippen molar-refractivity contribution in [3.8, 4) is 0 Å². The number of nitro benzene ring substituents is 1. The summed E-state index contributed by atoms with van der Waals surface area (Å²) in [4.78, 5) is 10.6. The third kappa shape index (κ3) is 4.51. The molecular weight excluding hydrogens is 334 g/mol. The van der Waals surface area contributed by atoms with Crippen LogP contribution in [0.1, 0.15) is 45.6 Å². The number of hydrogen-bond donors (Lipinski definition) is 0. The fourth-order valence-corrected chi connectivity index (χ4v) is 3.78. The van der Waals surface area contributed by atoms with Crippen molar-refractivity contribution in [2.24, 2.45) is 11.3 Å². The Morgan fingerprint density at radius 1 is 1.43 bits per heavy atom. The molecule has 21 heavy (non-hydrogen) atoms. The average molecular weight is 356 g/mol. The Hall–Kier alpha value is -0.940. The zero-order valence-electron chi connectivity index (χ0n) is 12.8. The Bertz CT molecular complexity index is 530. The summed E-state index contributed by atoms with van der Waals surface area (Å²) in [5.74, 6) is 0.665. The van der Waals surface area contributed by atoms with Gasteiger partial charge >= 0.3 is 0 Å². The summed E-state index contributed by atoms with van der Waals surface area (Å²) in [6.45, 7) is 7.26. The molecule has 1 fully saturated rings. The van der Waals surface area contributed by atoms with Gasteiger partial charge in [0.05, 0.1) is 22.1 Å². The molecule has 116 valence electrons. The van der Waals surface area contributed by atoms with Crippen LogP contribution < -0.4 is 0 Å². The SMILES string of the molecule is CC1CC(OCc2ccc(Br)c([N+](=O)[O-])c2)CC(C)(C)C1. The largest absolute Gasteiger partial charge is 0.374 e. The van der Waals surface area contributed by atoms with E-state index in [2.05, 4.69) is 36.7 Å². The van der Waals surface area contributed by atoms with Crippen LogP contribution in [0, 0.1) is 21.4 Å². The van der Waals surface area contributed by atoms with Crippen LogP contribution in [0.5, 0.6) is 0 Å². The van der Waals surface area contributed by atoms with E-state index in [-0.39, 0.29) is 16.7 Å². The molecule has 1 aromatic rings. The standard InChI is InChI=1S/C16H22BrNO3/c1-11-6-13(9-16(2,3)8-11)21-10-12-4-5-14(17)15(7-12)18(19)20/h4-5,7,11,13H,6,8-10H2,1-3H3. The lowest BCUT2D eigenvalue weighted by Gasteiger charge is -2.38. The second kappa shape index (κ2) is 6.44. The van der Waals surface area contributed by atoms with Gasteiger partial charge in [-0.1, -0.05) is 26.8 Å². The van der Waals surface area contributed by atoms with Crippen LogP contribution in [0.25, 0.3) is 0 Å². The van der Waals surface area contributed by atoms with Gasteiger partial charge in [0.2, 0.25) is 0 Å². The van der Waals surface area contributed by atoms with Crippen molar-refractivity contribution in [1.29, 1.82) is 0 Å². The monoisotopic (exact) mass is 355 g/mol. The predicted octanol–water partition coefficient (Wildman–Crippen LogP) is 5.09. The van der Waals surface area contributed by atoms with Crippen molar-refractivity contribution in [3.05, 3.63) is 38.3 Å². The van der Waals surface area contributed by atoms with Crippen molar-refractivity contribution < 1.29 is 9.66 Å². The molecule has 0 spiro atoms. The zero-order valence-corrected chi connectivity index (χ0v) is 14.4. The molecule has 0 aromatic heterocycles. The summed E-state index contributed by atoms with van der Waals surface area (Å²) >= 11 is 3.20. The molecular formula is C16H22BrNO3. The van der Waals surface area contributed by atoms with Gasteiger partial charge in [-0.05, 0) is 58.2 Å². The summed E-state index contributed by atoms with van der Waals surface area (Å²) in [5, 5.41) is 10.9. The van der Waals surface area contributed by atoms with E-state index in [4.69, 9.17) is 4.74 Å². The average Bonchev–Trinajstić information content (AvgIpc) is 2.35. The van der Waals surface area contributed by atoms with Crippen molar-refractivity contribution in [3.63, 3.8) is 0 Å². The molecule has 4 nitrogen and oxygen atoms in total. The van der Waals surface area contributed by atoms with E-state index in [1.807, 2.05) is 6.07 Å². The van der Waals surface area contributed by atoms with Crippen LogP contribution in [0.3, 0.4) is 0 Å². The third-order valence-electron chi connectivity index (χ3n) is 4.04. The van der Waals surface area contributed by atoms with Crippen LogP contribution in [0.4, 0.5) is 5.69 Å². The van der Waals surface area contributed by atoms with Gasteiger partial charge in [0.25, 0.3) is 5.69 Å². The normalized spacial score (nSPS) is 24.8. The third-order valence-corrected chi connectivity index (χ3v) is 4.71. The summed E-state index contributed by atoms with van der Waals surface area (Å²) in [5.41, 5.74) is 1.25. The fourth-order valence-electron chi connectivity index (χ4n) is 3.39. The highest BCUT2D eigenvalue weighted by Gasteiger charge is 2.32. The quantitative estimate of drug-likeness (QED) is 0.558. The topological polar surface area (TPSA) is 52.4 Å². The van der Waals surface area contributed by atoms with E-state index in [0.29, 0.717) is 22.4 Å². The summed E-state index contributed by atoms with van der Waals surface area (Å²) in [6, 6.07) is 5.17. The van der Waals surface area contributed by atoms with Gasteiger partial charge in [-0.25, -0.2) is 0 Å². The molecule has 2 unspecified atom stereocenters. The molecule has 0 heterocycles. The number of nitro groups is 1. The first-order valence-electron chi connectivity index (χ1n) is 7.31. The van der Waals surface area contributed by atoms with Crippen LogP contribution in [-0.4, -0.2) is 11.0 Å². The highest BCUT2D eigenvalue weighted by atomic mass is 79.9. The molecule has 1 aromatic carbocycles. The number of benzene rings is 1. The fraction of sp³-hybridized carbons (Fsp3) is 0.625. The van der Waals surface area contributed by atoms with Crippen molar-refractivity contribution in [1.82, 2.24) is 0 Å². The van der Waals surface area contributed by atoms with Gasteiger partial charge in [-0.2, -0.15) is 0 Å². The molecule has 1 aliphatic carbocycles. The van der Waals surface area contributed by atoms with Gasteiger partial charge in [0.15, 0.2) is 0 Å². The van der Waals surface area contributed by atoms with Crippen molar-refractivity contribution in [2.45, 2.75) is 52.7 Å². The Kier molecular flexibility index (Phi) is 5.04. The van der Waals surface area contributed by atoms with Gasteiger partial charge in [-0.3, -0.25) is 10.1 Å². The minimum atomic E-state index is -0.376. The van der Waals surface area contributed by atoms with Crippen LogP contribution >= 0.6 is 15.9 Å². The molecule has 2 rings (SSSR count). The number of halogens is 1. The van der Waals surface area contributed by atoms with Crippen LogP contribution in [0.2, 0.25) is 0 Å². The Morgan fingerprint density at radius 3 is 2.76 bits per heavy atom. The first-order chi connectivity index (χ1) is 9.77. The first kappa shape index (κ1) is 16.4. The lowest BCUT2D eigenvalue weighted by Crippen LogP contribution is -2.32. The zero-order chi connectivity index (χ0) is 15.6. The molecule has 1 saturated carbocycles. The molecule has 0 amide bonds. The summed E-state index contributed by atoms with van der Waals surface area (Å²) in [7, 11) is 0. The summed E-state index contributed by atoms with van der Waals surface area (Å²) in [6.07, 6.45) is 3.60. The molecule has 0 saturated heterocycles. The molecule has 0 radical (unpaired) electrons. The van der Waals surface area contributed by atoms with E-state index in [0.717, 1.165) is 18.4 Å². The lowest BCUT2D eigenvalue weighted by atomic mass is 9.71. The number of hydrogen-bond acceptors (Lipinski definition) is 3. The molecule has 1 aliphatic rings. The van der Waals surface area contributed by atoms with E-state index in [1.54, 1.807) is 12.1 Å². The Labute approximate surface area is 134 Å². The molecule has 0 N–H and O–H groups in total. The number of nitrogens with zero attached hydrogens (tertiary/aromatic N) is 1. The van der Waals surface area contributed by atoms with E-state index in [1.165, 1.54) is 6.42 Å². The van der Waals surface area contributed by atoms with Crippen molar-refractivity contribution >= 4 is 21.6 Å². The van der Waals surface area contributed by atoms with Gasteiger partial charge in [-0.15, -0.1) is 0 Å². The van der Waals surface area contributed by atoms with E-state index in [9.17, 15) is 10.1 Å². The Morgan fingerprint density at radius 2 is 2.14 bits per heavy atom. The lowest BCUT2D eigenvalue weighted by molar-refractivity contribution is -0.385. The van der Waals surface area contributed by atoms with Gasteiger partial charge in [0.1, 0.15) is 0 Å². The minimum absolute atomic E-state index is 0.0912. The van der Waals surface area contributed by atoms with E-state index >= 15 is 0 Å². The molecule has 5 heteroatoms. The Balaban J connectivity index is 2.00. The van der Waals surface area contributed by atoms with Gasteiger partial charge < -0.3 is 4.74 Å². The second-order valence-electron chi connectivity index (χ2n) is 6.89. The highest BCUT2D eigenvalue weighted by Crippen LogP contribution is 2.40. The maximum absolute atomic E-state index is 10.9. The number of ether oxygens (including phenoxy) is 1. The molecule has 0 aliphatic heterocycles. The minimum Gasteiger partial charge on any atom is -0.374 e. The predicted molar refractivity (Wildman–Crippen MR) is 86.2 cm³/mol. The number of rotatable bonds is 4. The maximum atomic E-state index is 10.9. The smallest absolute Gasteiger partial charge is 0.283 e.